The number of fused-ring (bicyclic) bond motifs is 1. The first-order valence-electron chi connectivity index (χ1n) is 8.03. The van der Waals surface area contributed by atoms with Crippen molar-refractivity contribution in [1.82, 2.24) is 9.97 Å². The summed E-state index contributed by atoms with van der Waals surface area (Å²) in [6, 6.07) is 1.52. The van der Waals surface area contributed by atoms with Crippen molar-refractivity contribution in [3.05, 3.63) is 46.5 Å². The molecule has 0 spiro atoms. The highest BCUT2D eigenvalue weighted by molar-refractivity contribution is 6.09. The molecule has 0 unspecified atom stereocenters. The molecule has 24 heavy (non-hydrogen) atoms. The zero-order chi connectivity index (χ0) is 17.4. The summed E-state index contributed by atoms with van der Waals surface area (Å²) in [6.45, 7) is 4.96. The summed E-state index contributed by atoms with van der Waals surface area (Å²) in [6.07, 6.45) is 4.86. The molecule has 1 amide bonds. The summed E-state index contributed by atoms with van der Waals surface area (Å²) >= 11 is 0. The first-order chi connectivity index (χ1) is 11.5. The third kappa shape index (κ3) is 2.53. The predicted octanol–water partition coefficient (Wildman–Crippen LogP) is 2.18. The number of amides is 1. The van der Waals surface area contributed by atoms with Crippen LogP contribution in [0.15, 0.2) is 18.5 Å². The highest BCUT2D eigenvalue weighted by Gasteiger charge is 2.33. The van der Waals surface area contributed by atoms with Gasteiger partial charge in [-0.15, -0.1) is 0 Å². The highest BCUT2D eigenvalue weighted by Crippen LogP contribution is 2.32. The minimum Gasteiger partial charge on any atom is -0.394 e. The minimum absolute atomic E-state index is 0.0674. The summed E-state index contributed by atoms with van der Waals surface area (Å²) in [7, 11) is 0. The smallest absolute Gasteiger partial charge is 0.275 e. The van der Waals surface area contributed by atoms with Gasteiger partial charge in [-0.25, -0.2) is 0 Å². The third-order valence-electron chi connectivity index (χ3n) is 4.68. The number of pyridine rings is 1. The number of hydrogen-bond acceptors (Lipinski definition) is 4. The number of aryl methyl sites for hydroxylation is 2. The van der Waals surface area contributed by atoms with Crippen LogP contribution in [0.4, 0.5) is 5.69 Å². The molecular formula is C18H21N3O3. The Bertz CT molecular complexity index is 810. The SMILES string of the molecule is CC(=O)c1c(C)[nH]c(C(=O)N2c3ccncc3CC[C@@H]2CO)c1C. The van der Waals surface area contributed by atoms with Crippen LogP contribution >= 0.6 is 0 Å². The maximum absolute atomic E-state index is 13.2. The molecule has 2 N–H and O–H groups in total. The van der Waals surface area contributed by atoms with Crippen molar-refractivity contribution < 1.29 is 14.7 Å². The van der Waals surface area contributed by atoms with Crippen LogP contribution in [0.25, 0.3) is 0 Å². The van der Waals surface area contributed by atoms with E-state index in [1.54, 1.807) is 37.2 Å². The van der Waals surface area contributed by atoms with E-state index in [-0.39, 0.29) is 24.3 Å². The van der Waals surface area contributed by atoms with Crippen LogP contribution in [0.5, 0.6) is 0 Å². The summed E-state index contributed by atoms with van der Waals surface area (Å²) in [5, 5.41) is 9.73. The maximum atomic E-state index is 13.2. The average molecular weight is 327 g/mol. The lowest BCUT2D eigenvalue weighted by atomic mass is 9.96. The van der Waals surface area contributed by atoms with Crippen LogP contribution in [0.3, 0.4) is 0 Å². The molecule has 0 saturated carbocycles. The number of hydrogen-bond donors (Lipinski definition) is 2. The van der Waals surface area contributed by atoms with E-state index in [4.69, 9.17) is 0 Å². The van der Waals surface area contributed by atoms with Crippen molar-refractivity contribution in [1.29, 1.82) is 0 Å². The number of nitrogens with zero attached hydrogens (tertiary/aromatic N) is 2. The number of carbonyl (C=O) groups excluding carboxylic acids is 2. The number of H-pyrrole nitrogens is 1. The van der Waals surface area contributed by atoms with E-state index in [1.165, 1.54) is 6.92 Å². The second kappa shape index (κ2) is 6.20. The van der Waals surface area contributed by atoms with E-state index in [1.807, 2.05) is 0 Å². The van der Waals surface area contributed by atoms with E-state index in [0.29, 0.717) is 28.9 Å². The van der Waals surface area contributed by atoms with Crippen molar-refractivity contribution in [2.45, 2.75) is 39.7 Å². The van der Waals surface area contributed by atoms with Gasteiger partial charge in [0, 0.05) is 23.7 Å². The fourth-order valence-electron chi connectivity index (χ4n) is 3.56. The molecule has 6 nitrogen and oxygen atoms in total. The van der Waals surface area contributed by atoms with Crippen LogP contribution in [0.1, 0.15) is 51.0 Å². The van der Waals surface area contributed by atoms with Gasteiger partial charge in [0.25, 0.3) is 5.91 Å². The maximum Gasteiger partial charge on any atom is 0.275 e. The Kier molecular flexibility index (Phi) is 4.24. The van der Waals surface area contributed by atoms with Crippen molar-refractivity contribution in [2.75, 3.05) is 11.5 Å². The van der Waals surface area contributed by atoms with Crippen LogP contribution in [0, 0.1) is 13.8 Å². The lowest BCUT2D eigenvalue weighted by molar-refractivity contribution is 0.0953. The highest BCUT2D eigenvalue weighted by atomic mass is 16.3. The largest absolute Gasteiger partial charge is 0.394 e. The van der Waals surface area contributed by atoms with Gasteiger partial charge in [0.05, 0.1) is 18.3 Å². The van der Waals surface area contributed by atoms with E-state index >= 15 is 0 Å². The third-order valence-corrected chi connectivity index (χ3v) is 4.68. The second-order valence-electron chi connectivity index (χ2n) is 6.24. The molecule has 1 atom stereocenters. The number of Topliss-reactive ketones (excluding diaryl/α,β-unsaturated/α-hetero) is 1. The van der Waals surface area contributed by atoms with Gasteiger partial charge in [-0.2, -0.15) is 0 Å². The zero-order valence-corrected chi connectivity index (χ0v) is 14.1. The Morgan fingerprint density at radius 2 is 2.17 bits per heavy atom. The lowest BCUT2D eigenvalue weighted by Crippen LogP contribution is -2.46. The number of ketones is 1. The molecule has 2 aromatic rings. The molecule has 3 rings (SSSR count). The number of aromatic amines is 1. The molecule has 1 aliphatic heterocycles. The number of carbonyl (C=O) groups is 2. The van der Waals surface area contributed by atoms with E-state index in [2.05, 4.69) is 9.97 Å². The van der Waals surface area contributed by atoms with Gasteiger partial charge in [0.1, 0.15) is 5.69 Å². The molecule has 2 aromatic heterocycles. The Hall–Kier alpha value is -2.47. The standard InChI is InChI=1S/C18H21N3O3/c1-10-16(12(3)23)11(2)20-17(10)18(24)21-14(9-22)5-4-13-8-19-7-6-15(13)21/h6-8,14,20,22H,4-5,9H2,1-3H3/t14-/m1/s1. The number of aliphatic hydroxyl groups excluding tert-OH is 1. The lowest BCUT2D eigenvalue weighted by Gasteiger charge is -2.36. The number of aliphatic hydroxyl groups is 1. The van der Waals surface area contributed by atoms with Gasteiger partial charge in [0.15, 0.2) is 5.78 Å². The van der Waals surface area contributed by atoms with Crippen LogP contribution in [-0.2, 0) is 6.42 Å². The molecule has 1 aliphatic rings. The average Bonchev–Trinajstić information content (AvgIpc) is 2.87. The Balaban J connectivity index is 2.09. The molecule has 0 fully saturated rings. The number of anilines is 1. The molecule has 0 bridgehead atoms. The zero-order valence-electron chi connectivity index (χ0n) is 14.1. The van der Waals surface area contributed by atoms with Crippen LogP contribution < -0.4 is 4.90 Å². The molecule has 126 valence electrons. The van der Waals surface area contributed by atoms with Gasteiger partial charge in [-0.3, -0.25) is 14.6 Å². The molecule has 0 aliphatic carbocycles. The first-order valence-corrected chi connectivity index (χ1v) is 8.03. The van der Waals surface area contributed by atoms with Crippen molar-refractivity contribution in [2.24, 2.45) is 0 Å². The van der Waals surface area contributed by atoms with E-state index in [0.717, 1.165) is 17.7 Å². The Labute approximate surface area is 140 Å². The van der Waals surface area contributed by atoms with Crippen LogP contribution in [-0.4, -0.2) is 39.4 Å². The Morgan fingerprint density at radius 3 is 2.79 bits per heavy atom. The molecule has 6 heteroatoms. The second-order valence-corrected chi connectivity index (χ2v) is 6.24. The summed E-state index contributed by atoms with van der Waals surface area (Å²) < 4.78 is 0. The number of aromatic nitrogens is 2. The van der Waals surface area contributed by atoms with Gasteiger partial charge in [0.2, 0.25) is 0 Å². The summed E-state index contributed by atoms with van der Waals surface area (Å²) in [5.74, 6) is -0.295. The predicted molar refractivity (Wildman–Crippen MR) is 90.5 cm³/mol. The van der Waals surface area contributed by atoms with Gasteiger partial charge < -0.3 is 15.0 Å². The molecular weight excluding hydrogens is 306 g/mol. The summed E-state index contributed by atoms with van der Waals surface area (Å²) in [4.78, 5) is 33.8. The van der Waals surface area contributed by atoms with Crippen molar-refractivity contribution >= 4 is 17.4 Å². The number of rotatable bonds is 3. The van der Waals surface area contributed by atoms with Crippen molar-refractivity contribution in [3.63, 3.8) is 0 Å². The summed E-state index contributed by atoms with van der Waals surface area (Å²) in [5.41, 5.74) is 4.07. The fourth-order valence-corrected chi connectivity index (χ4v) is 3.56. The number of nitrogens with one attached hydrogen (secondary N) is 1. The molecule has 3 heterocycles. The first kappa shape index (κ1) is 16.4. The van der Waals surface area contributed by atoms with Gasteiger partial charge >= 0.3 is 0 Å². The quantitative estimate of drug-likeness (QED) is 0.846. The normalized spacial score (nSPS) is 16.8. The molecule has 0 radical (unpaired) electrons. The molecule has 0 aromatic carbocycles. The van der Waals surface area contributed by atoms with Crippen molar-refractivity contribution in [3.8, 4) is 0 Å². The van der Waals surface area contributed by atoms with E-state index < -0.39 is 0 Å². The van der Waals surface area contributed by atoms with E-state index in [9.17, 15) is 14.7 Å². The topological polar surface area (TPSA) is 86.3 Å². The molecule has 0 saturated heterocycles. The minimum atomic E-state index is -0.281. The van der Waals surface area contributed by atoms with Gasteiger partial charge in [-0.1, -0.05) is 0 Å². The van der Waals surface area contributed by atoms with Crippen LogP contribution in [0.2, 0.25) is 0 Å². The fraction of sp³-hybridized carbons (Fsp3) is 0.389. The monoisotopic (exact) mass is 327 g/mol. The Morgan fingerprint density at radius 1 is 1.42 bits per heavy atom. The van der Waals surface area contributed by atoms with Gasteiger partial charge in [-0.05, 0) is 50.8 Å².